The third-order valence-electron chi connectivity index (χ3n) is 11.0. The van der Waals surface area contributed by atoms with Crippen molar-refractivity contribution in [2.24, 2.45) is 0 Å². The Bertz CT molecular complexity index is 2840. The van der Waals surface area contributed by atoms with Crippen LogP contribution in [0.2, 0.25) is 0 Å². The Hall–Kier alpha value is -8.59. The molecule has 320 valence electrons. The van der Waals surface area contributed by atoms with E-state index >= 15 is 4.57 Å². The molecule has 9 rings (SSSR count). The van der Waals surface area contributed by atoms with Gasteiger partial charge < -0.3 is 48.0 Å². The minimum atomic E-state index is -4.85. The summed E-state index contributed by atoms with van der Waals surface area (Å²) in [7, 11) is -4.85. The molecule has 0 unspecified atom stereocenters. The van der Waals surface area contributed by atoms with Crippen molar-refractivity contribution in [1.82, 2.24) is 0 Å². The summed E-state index contributed by atoms with van der Waals surface area (Å²) in [5.74, 6) is 0.666. The van der Waals surface area contributed by atoms with Crippen molar-refractivity contribution in [2.45, 2.75) is 0 Å². The van der Waals surface area contributed by atoms with Crippen LogP contribution in [0.15, 0.2) is 200 Å². The second-order valence-electron chi connectivity index (χ2n) is 15.5. The topological polar surface area (TPSA) is 201 Å². The van der Waals surface area contributed by atoms with Crippen LogP contribution in [0.25, 0.3) is 66.8 Å². The molecule has 0 aromatic heterocycles. The van der Waals surface area contributed by atoms with Gasteiger partial charge in [0.05, 0.1) is 0 Å². The first-order valence-electron chi connectivity index (χ1n) is 20.7. The van der Waals surface area contributed by atoms with Crippen molar-refractivity contribution in [2.75, 3.05) is 34.4 Å². The monoisotopic (exact) mass is 872 g/mol. The predicted octanol–water partition coefficient (Wildman–Crippen LogP) is 12.8. The van der Waals surface area contributed by atoms with Crippen LogP contribution in [0, 0.1) is 0 Å². The SMILES string of the molecule is Nc1ccc(-c2cccc(OP(=O)(Oc3cccc(-c4ccc(N)cc4)c3-c3ccc(N)cc3)Oc3cccc(-c4ccc(N)cc4)c3-c3ccc(N)cc3)c2-c2ccc(N)cc2)cc1. The maximum Gasteiger partial charge on any atom is 0.647 e. The van der Waals surface area contributed by atoms with E-state index < -0.39 is 7.82 Å². The van der Waals surface area contributed by atoms with Crippen LogP contribution in [-0.2, 0) is 4.57 Å². The summed E-state index contributed by atoms with van der Waals surface area (Å²) in [5.41, 5.74) is 49.5. The van der Waals surface area contributed by atoms with Crippen LogP contribution < -0.4 is 48.0 Å². The Morgan fingerprint density at radius 3 is 0.677 bits per heavy atom. The van der Waals surface area contributed by atoms with Crippen molar-refractivity contribution < 1.29 is 18.1 Å². The molecule has 9 aromatic rings. The number of anilines is 6. The van der Waals surface area contributed by atoms with E-state index in [0.29, 0.717) is 50.8 Å². The van der Waals surface area contributed by atoms with Gasteiger partial charge in [0, 0.05) is 50.8 Å². The van der Waals surface area contributed by atoms with Crippen molar-refractivity contribution in [3.63, 3.8) is 0 Å². The average Bonchev–Trinajstić information content (AvgIpc) is 3.31. The summed E-state index contributed by atoms with van der Waals surface area (Å²) in [6.45, 7) is 0. The number of hydrogen-bond acceptors (Lipinski definition) is 10. The van der Waals surface area contributed by atoms with Crippen molar-refractivity contribution in [1.29, 1.82) is 0 Å². The van der Waals surface area contributed by atoms with Gasteiger partial charge in [0.25, 0.3) is 0 Å². The van der Waals surface area contributed by atoms with Crippen LogP contribution >= 0.6 is 7.82 Å². The quantitative estimate of drug-likeness (QED) is 0.0507. The predicted molar refractivity (Wildman–Crippen MR) is 268 cm³/mol. The van der Waals surface area contributed by atoms with Crippen LogP contribution in [0.3, 0.4) is 0 Å². The lowest BCUT2D eigenvalue weighted by molar-refractivity contribution is 0.299. The Balaban J connectivity index is 1.28. The normalized spacial score (nSPS) is 11.2. The lowest BCUT2D eigenvalue weighted by Gasteiger charge is -2.25. The van der Waals surface area contributed by atoms with Crippen molar-refractivity contribution in [3.05, 3.63) is 200 Å². The van der Waals surface area contributed by atoms with Crippen LogP contribution in [0.4, 0.5) is 34.1 Å². The molecule has 0 amide bonds. The van der Waals surface area contributed by atoms with Crippen LogP contribution in [-0.4, -0.2) is 0 Å². The van der Waals surface area contributed by atoms with Gasteiger partial charge in [-0.1, -0.05) is 109 Å². The standard InChI is InChI=1S/C54H45N6O4P/c55-40-22-10-34(11-23-40)46-4-1-7-49(52(46)37-16-28-43(58)29-17-37)62-65(61,63-50-8-2-5-47(35-12-24-41(56)25-13-35)53(50)38-18-30-44(59)31-19-38)64-51-9-3-6-48(36-14-26-42(57)27-15-36)54(51)39-20-32-45(60)33-21-39/h1-33H,55-60H2. The maximum atomic E-state index is 16.3. The van der Waals surface area contributed by atoms with E-state index in [1.807, 2.05) is 146 Å². The van der Waals surface area contributed by atoms with E-state index in [2.05, 4.69) is 0 Å². The van der Waals surface area contributed by atoms with E-state index in [-0.39, 0.29) is 17.2 Å². The van der Waals surface area contributed by atoms with E-state index in [9.17, 15) is 0 Å². The molecule has 10 nitrogen and oxygen atoms in total. The minimum absolute atomic E-state index is 0.222. The smallest absolute Gasteiger partial charge is 0.399 e. The molecule has 0 spiro atoms. The molecule has 11 heteroatoms. The summed E-state index contributed by atoms with van der Waals surface area (Å²) < 4.78 is 36.8. The Kier molecular flexibility index (Phi) is 11.3. The number of benzene rings is 9. The number of hydrogen-bond donors (Lipinski definition) is 6. The first kappa shape index (κ1) is 41.7. The first-order valence-corrected chi connectivity index (χ1v) is 22.2. The van der Waals surface area contributed by atoms with Gasteiger partial charge in [-0.05, 0) is 141 Å². The van der Waals surface area contributed by atoms with Gasteiger partial charge in [-0.2, -0.15) is 4.57 Å². The fourth-order valence-corrected chi connectivity index (χ4v) is 9.08. The number of nitrogen functional groups attached to an aromatic ring is 6. The molecule has 65 heavy (non-hydrogen) atoms. The molecule has 0 fully saturated rings. The maximum absolute atomic E-state index is 16.3. The molecule has 12 N–H and O–H groups in total. The fourth-order valence-electron chi connectivity index (χ4n) is 7.79. The summed E-state index contributed by atoms with van der Waals surface area (Å²) in [6.07, 6.45) is 0. The van der Waals surface area contributed by atoms with Gasteiger partial charge >= 0.3 is 7.82 Å². The van der Waals surface area contributed by atoms with E-state index in [1.54, 1.807) is 54.6 Å². The zero-order chi connectivity index (χ0) is 45.1. The molecule has 0 aliphatic heterocycles. The molecule has 0 atom stereocenters. The van der Waals surface area contributed by atoms with Gasteiger partial charge in [0.1, 0.15) is 17.2 Å². The van der Waals surface area contributed by atoms with E-state index in [0.717, 1.165) is 50.1 Å². The second-order valence-corrected chi connectivity index (χ2v) is 16.9. The summed E-state index contributed by atoms with van der Waals surface area (Å²) in [5, 5.41) is 0. The van der Waals surface area contributed by atoms with Gasteiger partial charge in [0.15, 0.2) is 0 Å². The third-order valence-corrected chi connectivity index (χ3v) is 12.2. The molecular formula is C54H45N6O4P. The summed E-state index contributed by atoms with van der Waals surface area (Å²) in [6, 6.07) is 61.2. The molecule has 0 saturated carbocycles. The Morgan fingerprint density at radius 2 is 0.462 bits per heavy atom. The zero-order valence-corrected chi connectivity index (χ0v) is 36.0. The highest BCUT2D eigenvalue weighted by molar-refractivity contribution is 7.49. The molecule has 0 radical (unpaired) electrons. The Morgan fingerprint density at radius 1 is 0.262 bits per heavy atom. The molecule has 0 aliphatic rings. The molecule has 0 aliphatic carbocycles. The van der Waals surface area contributed by atoms with Gasteiger partial charge in [-0.25, -0.2) is 0 Å². The average molecular weight is 873 g/mol. The van der Waals surface area contributed by atoms with E-state index in [4.69, 9.17) is 48.0 Å². The number of phosphoric ester groups is 1. The van der Waals surface area contributed by atoms with Crippen molar-refractivity contribution in [3.8, 4) is 84.0 Å². The van der Waals surface area contributed by atoms with Crippen LogP contribution in [0.5, 0.6) is 17.2 Å². The number of phosphoric acid groups is 1. The van der Waals surface area contributed by atoms with Crippen LogP contribution in [0.1, 0.15) is 0 Å². The lowest BCUT2D eigenvalue weighted by atomic mass is 9.93. The highest BCUT2D eigenvalue weighted by Crippen LogP contribution is 2.57. The highest BCUT2D eigenvalue weighted by atomic mass is 31.2. The van der Waals surface area contributed by atoms with E-state index in [1.165, 1.54) is 0 Å². The second kappa shape index (κ2) is 17.6. The lowest BCUT2D eigenvalue weighted by Crippen LogP contribution is -2.10. The number of rotatable bonds is 12. The molecule has 9 aromatic carbocycles. The zero-order valence-electron chi connectivity index (χ0n) is 35.1. The minimum Gasteiger partial charge on any atom is -0.399 e. The Labute approximate surface area is 377 Å². The number of nitrogens with two attached hydrogens (primary N) is 6. The van der Waals surface area contributed by atoms with Gasteiger partial charge in [-0.3, -0.25) is 0 Å². The molecular weight excluding hydrogens is 828 g/mol. The summed E-state index contributed by atoms with van der Waals surface area (Å²) >= 11 is 0. The molecule has 0 heterocycles. The fraction of sp³-hybridized carbons (Fsp3) is 0. The van der Waals surface area contributed by atoms with Gasteiger partial charge in [-0.15, -0.1) is 0 Å². The third kappa shape index (κ3) is 9.02. The molecule has 0 saturated heterocycles. The summed E-state index contributed by atoms with van der Waals surface area (Å²) in [4.78, 5) is 0. The first-order chi connectivity index (χ1) is 31.5. The van der Waals surface area contributed by atoms with Crippen molar-refractivity contribution >= 4 is 41.9 Å². The highest BCUT2D eigenvalue weighted by Gasteiger charge is 2.37. The molecule has 0 bridgehead atoms. The van der Waals surface area contributed by atoms with Gasteiger partial charge in [0.2, 0.25) is 0 Å². The largest absolute Gasteiger partial charge is 0.647 e.